The van der Waals surface area contributed by atoms with Gasteiger partial charge in [0.2, 0.25) is 5.91 Å². The van der Waals surface area contributed by atoms with Crippen molar-refractivity contribution in [3.63, 3.8) is 0 Å². The van der Waals surface area contributed by atoms with Crippen molar-refractivity contribution in [1.82, 2.24) is 0 Å². The van der Waals surface area contributed by atoms with Crippen LogP contribution in [-0.4, -0.2) is 37.0 Å². The van der Waals surface area contributed by atoms with Crippen LogP contribution in [0.15, 0.2) is 42.5 Å². The van der Waals surface area contributed by atoms with Gasteiger partial charge in [0.25, 0.3) is 5.91 Å². The van der Waals surface area contributed by atoms with Crippen LogP contribution in [0.2, 0.25) is 5.02 Å². The fraction of sp³-hybridized carbons (Fsp3) is 0.348. The van der Waals surface area contributed by atoms with E-state index in [1.54, 1.807) is 24.3 Å². The Labute approximate surface area is 198 Å². The predicted molar refractivity (Wildman–Crippen MR) is 119 cm³/mol. The van der Waals surface area contributed by atoms with Crippen molar-refractivity contribution in [2.24, 2.45) is 5.92 Å². The van der Waals surface area contributed by atoms with E-state index in [0.29, 0.717) is 17.5 Å². The minimum atomic E-state index is -4.69. The summed E-state index contributed by atoms with van der Waals surface area (Å²) >= 11 is 5.55. The number of carbonyl (C=O) groups is 3. The number of rotatable bonds is 7. The SMILES string of the molecule is CC(C)Oc1ccc(N2C[C@@H](C(=O)OCC(=O)Nc3ccc(Cl)c(C(F)(F)F)c3)CC2=O)cc1. The summed E-state index contributed by atoms with van der Waals surface area (Å²) in [5.74, 6) is -1.98. The number of esters is 1. The topological polar surface area (TPSA) is 84.9 Å². The standard InChI is InChI=1S/C23H22ClF3N2O5/c1-13(2)34-17-6-4-16(5-7-17)29-11-14(9-21(29)31)22(32)33-12-20(30)28-15-3-8-19(24)18(10-15)23(25,26)27/h3-8,10,13-14H,9,11-12H2,1-2H3,(H,28,30)/t14-/m0/s1. The molecule has 0 unspecified atom stereocenters. The number of hydrogen-bond acceptors (Lipinski definition) is 5. The van der Waals surface area contributed by atoms with E-state index >= 15 is 0 Å². The Balaban J connectivity index is 1.53. The number of alkyl halides is 3. The first-order valence-electron chi connectivity index (χ1n) is 10.3. The Morgan fingerprint density at radius 2 is 1.85 bits per heavy atom. The second kappa shape index (κ2) is 10.3. The molecule has 34 heavy (non-hydrogen) atoms. The number of hydrogen-bond donors (Lipinski definition) is 1. The van der Waals surface area contributed by atoms with Crippen LogP contribution >= 0.6 is 11.6 Å². The van der Waals surface area contributed by atoms with Crippen molar-refractivity contribution in [2.45, 2.75) is 32.5 Å². The Kier molecular flexibility index (Phi) is 7.71. The van der Waals surface area contributed by atoms with Gasteiger partial charge in [0.05, 0.1) is 22.6 Å². The number of carbonyl (C=O) groups excluding carboxylic acids is 3. The zero-order valence-corrected chi connectivity index (χ0v) is 19.1. The summed E-state index contributed by atoms with van der Waals surface area (Å²) in [6.07, 6.45) is -4.77. The van der Waals surface area contributed by atoms with Gasteiger partial charge in [0.15, 0.2) is 6.61 Å². The molecule has 0 aromatic heterocycles. The lowest BCUT2D eigenvalue weighted by Crippen LogP contribution is -2.28. The van der Waals surface area contributed by atoms with Gasteiger partial charge in [-0.25, -0.2) is 0 Å². The number of ether oxygens (including phenoxy) is 2. The van der Waals surface area contributed by atoms with E-state index in [9.17, 15) is 27.6 Å². The number of nitrogens with one attached hydrogen (secondary N) is 1. The van der Waals surface area contributed by atoms with Gasteiger partial charge in [-0.15, -0.1) is 0 Å². The lowest BCUT2D eigenvalue weighted by Gasteiger charge is -2.17. The van der Waals surface area contributed by atoms with Crippen LogP contribution in [0.3, 0.4) is 0 Å². The lowest BCUT2D eigenvalue weighted by molar-refractivity contribution is -0.151. The molecule has 2 aromatic rings. The third kappa shape index (κ3) is 6.40. The molecule has 0 radical (unpaired) electrons. The van der Waals surface area contributed by atoms with Gasteiger partial charge >= 0.3 is 12.1 Å². The van der Waals surface area contributed by atoms with E-state index in [-0.39, 0.29) is 30.7 Å². The molecule has 1 heterocycles. The van der Waals surface area contributed by atoms with Crippen LogP contribution in [0.5, 0.6) is 5.75 Å². The maximum atomic E-state index is 12.9. The zero-order valence-electron chi connectivity index (χ0n) is 18.3. The minimum absolute atomic E-state index is 0.00185. The van der Waals surface area contributed by atoms with Gasteiger partial charge in [-0.2, -0.15) is 13.2 Å². The summed E-state index contributed by atoms with van der Waals surface area (Å²) in [6.45, 7) is 3.15. The minimum Gasteiger partial charge on any atom is -0.491 e. The number of amides is 2. The van der Waals surface area contributed by atoms with Crippen LogP contribution in [-0.2, 0) is 25.3 Å². The van der Waals surface area contributed by atoms with E-state index in [1.807, 2.05) is 13.8 Å². The molecule has 11 heteroatoms. The second-order valence-electron chi connectivity index (χ2n) is 7.91. The van der Waals surface area contributed by atoms with Crippen molar-refractivity contribution in [1.29, 1.82) is 0 Å². The van der Waals surface area contributed by atoms with Crippen LogP contribution in [0.25, 0.3) is 0 Å². The highest BCUT2D eigenvalue weighted by Crippen LogP contribution is 2.36. The van der Waals surface area contributed by atoms with Gasteiger partial charge in [-0.1, -0.05) is 11.6 Å². The van der Waals surface area contributed by atoms with Crippen molar-refractivity contribution >= 4 is 40.8 Å². The molecule has 1 N–H and O–H groups in total. The molecule has 1 fully saturated rings. The van der Waals surface area contributed by atoms with E-state index in [0.717, 1.165) is 6.07 Å². The normalized spacial score (nSPS) is 16.0. The summed E-state index contributed by atoms with van der Waals surface area (Å²) in [5, 5.41) is 1.72. The van der Waals surface area contributed by atoms with Crippen molar-refractivity contribution in [2.75, 3.05) is 23.4 Å². The third-order valence-corrected chi connectivity index (χ3v) is 5.21. The third-order valence-electron chi connectivity index (χ3n) is 4.88. The van der Waals surface area contributed by atoms with Gasteiger partial charge < -0.3 is 19.7 Å². The van der Waals surface area contributed by atoms with Gasteiger partial charge in [0.1, 0.15) is 5.75 Å². The van der Waals surface area contributed by atoms with Crippen molar-refractivity contribution in [3.05, 3.63) is 53.1 Å². The van der Waals surface area contributed by atoms with Gasteiger partial charge in [-0.05, 0) is 56.3 Å². The molecule has 0 saturated carbocycles. The van der Waals surface area contributed by atoms with E-state index in [4.69, 9.17) is 21.1 Å². The first kappa shape index (κ1) is 25.4. The molecular formula is C23H22ClF3N2O5. The first-order valence-corrected chi connectivity index (χ1v) is 10.7. The summed E-state index contributed by atoms with van der Waals surface area (Å²) in [6, 6.07) is 9.75. The molecule has 2 amide bonds. The van der Waals surface area contributed by atoms with Crippen LogP contribution < -0.4 is 15.0 Å². The monoisotopic (exact) mass is 498 g/mol. The van der Waals surface area contributed by atoms with E-state index in [1.165, 1.54) is 11.0 Å². The quantitative estimate of drug-likeness (QED) is 0.560. The Morgan fingerprint density at radius 1 is 1.18 bits per heavy atom. The average molecular weight is 499 g/mol. The molecule has 3 rings (SSSR count). The smallest absolute Gasteiger partial charge is 0.417 e. The molecule has 1 aliphatic heterocycles. The highest BCUT2D eigenvalue weighted by Gasteiger charge is 2.36. The van der Waals surface area contributed by atoms with Crippen molar-refractivity contribution < 1.29 is 37.0 Å². The average Bonchev–Trinajstić information content (AvgIpc) is 3.14. The molecule has 0 spiro atoms. The van der Waals surface area contributed by atoms with Crippen LogP contribution in [0.1, 0.15) is 25.8 Å². The number of halogens is 4. The zero-order chi connectivity index (χ0) is 25.0. The number of nitrogens with zero attached hydrogens (tertiary/aromatic N) is 1. The highest BCUT2D eigenvalue weighted by atomic mass is 35.5. The van der Waals surface area contributed by atoms with E-state index < -0.39 is 41.2 Å². The maximum absolute atomic E-state index is 12.9. The fourth-order valence-corrected chi connectivity index (χ4v) is 3.59. The van der Waals surface area contributed by atoms with Gasteiger partial charge in [-0.3, -0.25) is 14.4 Å². The molecular weight excluding hydrogens is 477 g/mol. The molecule has 182 valence electrons. The molecule has 1 aliphatic rings. The summed E-state index contributed by atoms with van der Waals surface area (Å²) in [5.41, 5.74) is -0.653. The molecule has 1 atom stereocenters. The highest BCUT2D eigenvalue weighted by molar-refractivity contribution is 6.31. The molecule has 0 bridgehead atoms. The largest absolute Gasteiger partial charge is 0.491 e. The first-order chi connectivity index (χ1) is 15.9. The van der Waals surface area contributed by atoms with Crippen molar-refractivity contribution in [3.8, 4) is 5.75 Å². The maximum Gasteiger partial charge on any atom is 0.417 e. The summed E-state index contributed by atoms with van der Waals surface area (Å²) in [7, 11) is 0. The Bertz CT molecular complexity index is 1070. The van der Waals surface area contributed by atoms with Gasteiger partial charge in [0, 0.05) is 24.3 Å². The molecule has 1 saturated heterocycles. The fourth-order valence-electron chi connectivity index (χ4n) is 3.36. The number of benzene rings is 2. The van der Waals surface area contributed by atoms with E-state index in [2.05, 4.69) is 5.32 Å². The molecule has 2 aromatic carbocycles. The number of anilines is 2. The summed E-state index contributed by atoms with van der Waals surface area (Å²) < 4.78 is 49.4. The summed E-state index contributed by atoms with van der Waals surface area (Å²) in [4.78, 5) is 38.2. The lowest BCUT2D eigenvalue weighted by atomic mass is 10.1. The Hall–Kier alpha value is -3.27. The van der Waals surface area contributed by atoms with Crippen LogP contribution in [0.4, 0.5) is 24.5 Å². The Morgan fingerprint density at radius 3 is 2.47 bits per heavy atom. The molecule has 0 aliphatic carbocycles. The predicted octanol–water partition coefficient (Wildman–Crippen LogP) is 4.68. The van der Waals surface area contributed by atoms with Crippen LogP contribution in [0, 0.1) is 5.92 Å². The molecule has 7 nitrogen and oxygen atoms in total. The second-order valence-corrected chi connectivity index (χ2v) is 8.32.